The van der Waals surface area contributed by atoms with Crippen molar-refractivity contribution in [3.05, 3.63) is 34.7 Å². The lowest BCUT2D eigenvalue weighted by molar-refractivity contribution is 0.143. The lowest BCUT2D eigenvalue weighted by Crippen LogP contribution is -2.05. The molecule has 2 aromatic heterocycles. The number of rotatable bonds is 2. The molecule has 0 spiro atoms. The summed E-state index contributed by atoms with van der Waals surface area (Å²) in [5, 5.41) is 3.77. The molecule has 0 fully saturated rings. The highest BCUT2D eigenvalue weighted by atomic mass is 79.9. The van der Waals surface area contributed by atoms with Gasteiger partial charge in [-0.3, -0.25) is 0 Å². The Balaban J connectivity index is 2.52. The highest BCUT2D eigenvalue weighted by molar-refractivity contribution is 9.10. The zero-order valence-electron chi connectivity index (χ0n) is 7.94. The van der Waals surface area contributed by atoms with E-state index in [1.165, 1.54) is 12.4 Å². The maximum atomic E-state index is 12.7. The number of pyridine rings is 1. The van der Waals surface area contributed by atoms with Crippen molar-refractivity contribution >= 4 is 21.6 Å². The second kappa shape index (κ2) is 4.17. The Morgan fingerprint density at radius 2 is 2.06 bits per heavy atom. The van der Waals surface area contributed by atoms with E-state index in [1.807, 2.05) is 0 Å². The summed E-state index contributed by atoms with van der Waals surface area (Å²) in [6, 6.07) is 3.26. The quantitative estimate of drug-likeness (QED) is 0.924. The van der Waals surface area contributed by atoms with E-state index in [0.29, 0.717) is 5.82 Å². The van der Waals surface area contributed by atoms with E-state index >= 15 is 0 Å². The highest BCUT2D eigenvalue weighted by Crippen LogP contribution is 2.26. The predicted molar refractivity (Wildman–Crippen MR) is 58.4 cm³/mol. The van der Waals surface area contributed by atoms with Crippen molar-refractivity contribution in [2.45, 2.75) is 6.43 Å². The van der Waals surface area contributed by atoms with Gasteiger partial charge in [0.2, 0.25) is 0 Å². The third kappa shape index (κ3) is 1.90. The summed E-state index contributed by atoms with van der Waals surface area (Å²) >= 11 is 3.21. The number of aromatic nitrogens is 3. The van der Waals surface area contributed by atoms with E-state index in [-0.39, 0.29) is 11.4 Å². The monoisotopic (exact) mass is 288 g/mol. The zero-order chi connectivity index (χ0) is 11.7. The standard InChI is InChI=1S/C9H7BrF2N4/c10-5-1-2-7(14-3-5)16-8(9(11)12)6(13)4-15-16/h1-4,9H,13H2. The van der Waals surface area contributed by atoms with E-state index in [2.05, 4.69) is 26.0 Å². The first-order valence-electron chi connectivity index (χ1n) is 4.33. The Bertz CT molecular complexity index is 495. The van der Waals surface area contributed by atoms with Crippen LogP contribution in [0, 0.1) is 0 Å². The smallest absolute Gasteiger partial charge is 0.282 e. The summed E-state index contributed by atoms with van der Waals surface area (Å²) in [7, 11) is 0. The molecule has 2 rings (SSSR count). The van der Waals surface area contributed by atoms with E-state index in [4.69, 9.17) is 5.73 Å². The molecule has 0 aliphatic heterocycles. The van der Waals surface area contributed by atoms with Crippen molar-refractivity contribution in [3.8, 4) is 5.82 Å². The van der Waals surface area contributed by atoms with E-state index in [9.17, 15) is 8.78 Å². The molecule has 2 N–H and O–H groups in total. The van der Waals surface area contributed by atoms with Gasteiger partial charge in [0, 0.05) is 10.7 Å². The fraction of sp³-hybridized carbons (Fsp3) is 0.111. The largest absolute Gasteiger partial charge is 0.396 e. The molecule has 4 nitrogen and oxygen atoms in total. The van der Waals surface area contributed by atoms with Crippen LogP contribution in [-0.2, 0) is 0 Å². The Kier molecular flexibility index (Phi) is 2.86. The zero-order valence-corrected chi connectivity index (χ0v) is 9.53. The van der Waals surface area contributed by atoms with Gasteiger partial charge in [-0.2, -0.15) is 5.10 Å². The maximum Gasteiger partial charge on any atom is 0.282 e. The summed E-state index contributed by atoms with van der Waals surface area (Å²) < 4.78 is 27.2. The van der Waals surface area contributed by atoms with Gasteiger partial charge in [-0.1, -0.05) is 0 Å². The average molecular weight is 289 g/mol. The fourth-order valence-corrected chi connectivity index (χ4v) is 1.50. The van der Waals surface area contributed by atoms with Gasteiger partial charge in [-0.15, -0.1) is 0 Å². The minimum atomic E-state index is -2.69. The third-order valence-corrected chi connectivity index (χ3v) is 2.44. The molecule has 0 aliphatic carbocycles. The topological polar surface area (TPSA) is 56.7 Å². The molecule has 84 valence electrons. The number of nitrogens with two attached hydrogens (primary N) is 1. The minimum absolute atomic E-state index is 0.0419. The first kappa shape index (κ1) is 11.0. The van der Waals surface area contributed by atoms with Crippen LogP contribution in [0.15, 0.2) is 29.0 Å². The van der Waals surface area contributed by atoms with Gasteiger partial charge in [0.15, 0.2) is 5.82 Å². The number of nitrogens with zero attached hydrogens (tertiary/aromatic N) is 3. The van der Waals surface area contributed by atoms with Crippen molar-refractivity contribution in [2.75, 3.05) is 5.73 Å². The van der Waals surface area contributed by atoms with Crippen LogP contribution in [0.2, 0.25) is 0 Å². The Morgan fingerprint density at radius 3 is 2.62 bits per heavy atom. The molecule has 0 amide bonds. The van der Waals surface area contributed by atoms with Crippen molar-refractivity contribution in [1.82, 2.24) is 14.8 Å². The number of hydrogen-bond acceptors (Lipinski definition) is 3. The van der Waals surface area contributed by atoms with Gasteiger partial charge in [0.25, 0.3) is 6.43 Å². The van der Waals surface area contributed by atoms with Gasteiger partial charge in [0.1, 0.15) is 5.69 Å². The van der Waals surface area contributed by atoms with E-state index < -0.39 is 6.43 Å². The van der Waals surface area contributed by atoms with E-state index in [0.717, 1.165) is 9.15 Å². The average Bonchev–Trinajstić information content (AvgIpc) is 2.61. The van der Waals surface area contributed by atoms with Crippen LogP contribution in [0.25, 0.3) is 5.82 Å². The van der Waals surface area contributed by atoms with Gasteiger partial charge < -0.3 is 5.73 Å². The molecule has 0 bridgehead atoms. The predicted octanol–water partition coefficient (Wildman–Crippen LogP) is 2.55. The van der Waals surface area contributed by atoms with E-state index in [1.54, 1.807) is 12.1 Å². The normalized spacial score (nSPS) is 11.0. The molecule has 0 atom stereocenters. The van der Waals surface area contributed by atoms with Gasteiger partial charge in [-0.05, 0) is 28.1 Å². The summed E-state index contributed by atoms with van der Waals surface area (Å²) in [6.07, 6.45) is 0.00108. The van der Waals surface area contributed by atoms with Crippen LogP contribution in [0.4, 0.5) is 14.5 Å². The second-order valence-corrected chi connectivity index (χ2v) is 3.95. The maximum absolute atomic E-state index is 12.7. The van der Waals surface area contributed by atoms with Crippen molar-refractivity contribution in [3.63, 3.8) is 0 Å². The molecule has 0 aliphatic rings. The first-order chi connectivity index (χ1) is 7.59. The minimum Gasteiger partial charge on any atom is -0.396 e. The number of anilines is 1. The van der Waals surface area contributed by atoms with Crippen LogP contribution in [-0.4, -0.2) is 14.8 Å². The summed E-state index contributed by atoms with van der Waals surface area (Å²) in [4.78, 5) is 3.97. The van der Waals surface area contributed by atoms with Gasteiger partial charge >= 0.3 is 0 Å². The number of nitrogen functional groups attached to an aromatic ring is 1. The highest BCUT2D eigenvalue weighted by Gasteiger charge is 2.19. The van der Waals surface area contributed by atoms with Crippen LogP contribution >= 0.6 is 15.9 Å². The second-order valence-electron chi connectivity index (χ2n) is 3.03. The SMILES string of the molecule is Nc1cnn(-c2ccc(Br)cn2)c1C(F)F. The fourth-order valence-electron chi connectivity index (χ4n) is 1.26. The third-order valence-electron chi connectivity index (χ3n) is 1.97. The Hall–Kier alpha value is -1.50. The summed E-state index contributed by atoms with van der Waals surface area (Å²) in [5.41, 5.74) is 5.03. The molecule has 2 aromatic rings. The van der Waals surface area contributed by atoms with Crippen LogP contribution in [0.3, 0.4) is 0 Å². The molecule has 0 saturated heterocycles. The number of alkyl halides is 2. The molecule has 16 heavy (non-hydrogen) atoms. The molecule has 2 heterocycles. The lowest BCUT2D eigenvalue weighted by atomic mass is 10.3. The van der Waals surface area contributed by atoms with Crippen molar-refractivity contribution in [1.29, 1.82) is 0 Å². The summed E-state index contributed by atoms with van der Waals surface area (Å²) in [6.45, 7) is 0. The van der Waals surface area contributed by atoms with Crippen LogP contribution < -0.4 is 5.73 Å². The number of hydrogen-bond donors (Lipinski definition) is 1. The molecule has 0 aromatic carbocycles. The van der Waals surface area contributed by atoms with Crippen LogP contribution in [0.5, 0.6) is 0 Å². The lowest BCUT2D eigenvalue weighted by Gasteiger charge is -2.06. The van der Waals surface area contributed by atoms with Crippen molar-refractivity contribution in [2.24, 2.45) is 0 Å². The van der Waals surface area contributed by atoms with Gasteiger partial charge in [-0.25, -0.2) is 18.4 Å². The Morgan fingerprint density at radius 1 is 1.31 bits per heavy atom. The number of halogens is 3. The molecular weight excluding hydrogens is 282 g/mol. The summed E-state index contributed by atoms with van der Waals surface area (Å²) in [5.74, 6) is 0.301. The van der Waals surface area contributed by atoms with Crippen LogP contribution in [0.1, 0.15) is 12.1 Å². The molecular formula is C9H7BrF2N4. The molecule has 0 saturated carbocycles. The van der Waals surface area contributed by atoms with Gasteiger partial charge in [0.05, 0.1) is 11.9 Å². The Labute approximate surface area is 98.2 Å². The first-order valence-corrected chi connectivity index (χ1v) is 5.12. The molecule has 0 unspecified atom stereocenters. The molecule has 0 radical (unpaired) electrons. The van der Waals surface area contributed by atoms with Crippen molar-refractivity contribution < 1.29 is 8.78 Å². The molecule has 7 heteroatoms.